The van der Waals surface area contributed by atoms with Crippen molar-refractivity contribution in [3.05, 3.63) is 0 Å². The van der Waals surface area contributed by atoms with Crippen molar-refractivity contribution < 1.29 is 8.42 Å². The number of rotatable bonds is 5. The number of sulfone groups is 1. The summed E-state index contributed by atoms with van der Waals surface area (Å²) in [5, 5.41) is 3.50. The van der Waals surface area contributed by atoms with Crippen LogP contribution < -0.4 is 5.32 Å². The fourth-order valence-corrected chi connectivity index (χ4v) is 4.12. The van der Waals surface area contributed by atoms with Crippen LogP contribution in [0.15, 0.2) is 0 Å². The lowest BCUT2D eigenvalue weighted by Crippen LogP contribution is -2.42. The highest BCUT2D eigenvalue weighted by Gasteiger charge is 2.37. The van der Waals surface area contributed by atoms with E-state index in [0.29, 0.717) is 17.4 Å². The molecule has 1 rings (SSSR count). The lowest BCUT2D eigenvalue weighted by atomic mass is 9.91. The maximum absolute atomic E-state index is 11.6. The fourth-order valence-electron chi connectivity index (χ4n) is 3.03. The topological polar surface area (TPSA) is 46.2 Å². The molecule has 3 atom stereocenters. The van der Waals surface area contributed by atoms with E-state index in [4.69, 9.17) is 0 Å². The predicted octanol–water partition coefficient (Wildman–Crippen LogP) is 2.22. The minimum Gasteiger partial charge on any atom is -0.310 e. The Morgan fingerprint density at radius 3 is 2.35 bits per heavy atom. The van der Waals surface area contributed by atoms with Crippen molar-refractivity contribution in [3.63, 3.8) is 0 Å². The number of hydrogen-bond acceptors (Lipinski definition) is 3. The summed E-state index contributed by atoms with van der Waals surface area (Å²) < 4.78 is 23.1. The van der Waals surface area contributed by atoms with E-state index < -0.39 is 9.84 Å². The molecule has 0 spiro atoms. The van der Waals surface area contributed by atoms with Crippen molar-refractivity contribution in [3.8, 4) is 0 Å². The maximum Gasteiger partial charge on any atom is 0.151 e. The number of hydrogen-bond donors (Lipinski definition) is 1. The van der Waals surface area contributed by atoms with Gasteiger partial charge in [0, 0.05) is 17.8 Å². The van der Waals surface area contributed by atoms with Gasteiger partial charge in [0.2, 0.25) is 0 Å². The largest absolute Gasteiger partial charge is 0.310 e. The molecule has 4 heteroatoms. The van der Waals surface area contributed by atoms with Crippen molar-refractivity contribution in [2.45, 2.75) is 59.5 Å². The summed E-state index contributed by atoms with van der Waals surface area (Å²) in [6.07, 6.45) is 2.36. The third kappa shape index (κ3) is 4.59. The molecule has 102 valence electrons. The summed E-state index contributed by atoms with van der Waals surface area (Å²) in [5.74, 6) is 1.13. The van der Waals surface area contributed by atoms with Gasteiger partial charge in [-0.25, -0.2) is 8.42 Å². The molecule has 0 aromatic rings. The molecule has 1 aliphatic rings. The molecular formula is C13H27NO2S. The van der Waals surface area contributed by atoms with Gasteiger partial charge in [0.1, 0.15) is 0 Å². The van der Waals surface area contributed by atoms with Gasteiger partial charge in [-0.05, 0) is 31.1 Å². The van der Waals surface area contributed by atoms with Gasteiger partial charge in [0.15, 0.2) is 9.84 Å². The second kappa shape index (κ2) is 5.27. The van der Waals surface area contributed by atoms with E-state index in [1.807, 2.05) is 6.92 Å². The van der Waals surface area contributed by atoms with Crippen molar-refractivity contribution in [1.29, 1.82) is 0 Å². The summed E-state index contributed by atoms with van der Waals surface area (Å²) in [6, 6.07) is 0.522. The molecule has 0 aliphatic heterocycles. The molecule has 0 amide bonds. The first-order valence-electron chi connectivity index (χ1n) is 6.62. The van der Waals surface area contributed by atoms with Gasteiger partial charge in [-0.3, -0.25) is 0 Å². The molecule has 17 heavy (non-hydrogen) atoms. The van der Waals surface area contributed by atoms with Crippen molar-refractivity contribution >= 4 is 9.84 Å². The minimum atomic E-state index is -2.87. The van der Waals surface area contributed by atoms with E-state index in [9.17, 15) is 8.42 Å². The van der Waals surface area contributed by atoms with Gasteiger partial charge in [-0.15, -0.1) is 0 Å². The quantitative estimate of drug-likeness (QED) is 0.825. The SMILES string of the molecule is CCS(=O)(=O)CC(C)NC1CC(C)(C)CC1C. The van der Waals surface area contributed by atoms with E-state index in [-0.39, 0.29) is 17.5 Å². The Morgan fingerprint density at radius 1 is 1.35 bits per heavy atom. The Kier molecular flexibility index (Phi) is 4.64. The highest BCUT2D eigenvalue weighted by molar-refractivity contribution is 7.91. The Labute approximate surface area is 106 Å². The van der Waals surface area contributed by atoms with Gasteiger partial charge >= 0.3 is 0 Å². The van der Waals surface area contributed by atoms with Crippen LogP contribution in [-0.2, 0) is 9.84 Å². The smallest absolute Gasteiger partial charge is 0.151 e. The third-order valence-corrected chi connectivity index (χ3v) is 5.66. The molecule has 0 aromatic carbocycles. The van der Waals surface area contributed by atoms with Crippen molar-refractivity contribution in [2.75, 3.05) is 11.5 Å². The monoisotopic (exact) mass is 261 g/mol. The zero-order valence-electron chi connectivity index (χ0n) is 11.8. The highest BCUT2D eigenvalue weighted by Crippen LogP contribution is 2.40. The zero-order valence-corrected chi connectivity index (χ0v) is 12.6. The summed E-state index contributed by atoms with van der Waals surface area (Å²) >= 11 is 0. The summed E-state index contributed by atoms with van der Waals surface area (Å²) in [7, 11) is -2.87. The molecule has 1 fully saturated rings. The highest BCUT2D eigenvalue weighted by atomic mass is 32.2. The fraction of sp³-hybridized carbons (Fsp3) is 1.00. The molecule has 0 bridgehead atoms. The lowest BCUT2D eigenvalue weighted by Gasteiger charge is -2.23. The van der Waals surface area contributed by atoms with E-state index in [2.05, 4.69) is 26.1 Å². The Balaban J connectivity index is 2.50. The number of nitrogens with one attached hydrogen (secondary N) is 1. The zero-order chi connectivity index (χ0) is 13.3. The molecule has 0 heterocycles. The average molecular weight is 261 g/mol. The molecule has 1 aliphatic carbocycles. The van der Waals surface area contributed by atoms with Crippen LogP contribution in [0.1, 0.15) is 47.5 Å². The molecule has 0 aromatic heterocycles. The van der Waals surface area contributed by atoms with Crippen molar-refractivity contribution in [2.24, 2.45) is 11.3 Å². The third-order valence-electron chi connectivity index (χ3n) is 3.78. The van der Waals surface area contributed by atoms with Gasteiger partial charge < -0.3 is 5.32 Å². The minimum absolute atomic E-state index is 0.0568. The Morgan fingerprint density at radius 2 is 1.94 bits per heavy atom. The second-order valence-corrected chi connectivity index (χ2v) is 8.82. The average Bonchev–Trinajstić information content (AvgIpc) is 2.38. The molecule has 1 N–H and O–H groups in total. The maximum atomic E-state index is 11.6. The molecule has 1 saturated carbocycles. The predicted molar refractivity (Wildman–Crippen MR) is 72.9 cm³/mol. The summed E-state index contributed by atoms with van der Waals surface area (Å²) in [5.41, 5.74) is 0.389. The first kappa shape index (κ1) is 15.0. The molecular weight excluding hydrogens is 234 g/mol. The van der Waals surface area contributed by atoms with Crippen molar-refractivity contribution in [1.82, 2.24) is 5.32 Å². The standard InChI is InChI=1S/C13H27NO2S/c1-6-17(15,16)9-11(3)14-12-8-13(4,5)7-10(12)2/h10-12,14H,6-9H2,1-5H3. The van der Waals surface area contributed by atoms with Crippen LogP contribution in [0.3, 0.4) is 0 Å². The van der Waals surface area contributed by atoms with Gasteiger partial charge in [0.05, 0.1) is 5.75 Å². The van der Waals surface area contributed by atoms with Gasteiger partial charge in [0.25, 0.3) is 0 Å². The normalized spacial score (nSPS) is 30.4. The van der Waals surface area contributed by atoms with Gasteiger partial charge in [-0.1, -0.05) is 27.7 Å². The molecule has 0 radical (unpaired) electrons. The van der Waals surface area contributed by atoms with E-state index in [1.165, 1.54) is 6.42 Å². The van der Waals surface area contributed by atoms with Gasteiger partial charge in [-0.2, -0.15) is 0 Å². The first-order chi connectivity index (χ1) is 7.65. The Bertz CT molecular complexity index is 348. The van der Waals surface area contributed by atoms with E-state index in [0.717, 1.165) is 6.42 Å². The van der Waals surface area contributed by atoms with Crippen LogP contribution in [0, 0.1) is 11.3 Å². The molecule has 3 nitrogen and oxygen atoms in total. The van der Waals surface area contributed by atoms with Crippen LogP contribution in [0.25, 0.3) is 0 Å². The van der Waals surface area contributed by atoms with Crippen LogP contribution in [0.5, 0.6) is 0 Å². The summed E-state index contributed by atoms with van der Waals surface area (Å²) in [6.45, 7) is 10.5. The van der Waals surface area contributed by atoms with Crippen LogP contribution in [0.4, 0.5) is 0 Å². The molecule has 3 unspecified atom stereocenters. The van der Waals surface area contributed by atoms with Crippen LogP contribution in [-0.4, -0.2) is 32.0 Å². The first-order valence-corrected chi connectivity index (χ1v) is 8.44. The Hall–Kier alpha value is -0.0900. The van der Waals surface area contributed by atoms with E-state index in [1.54, 1.807) is 6.92 Å². The lowest BCUT2D eigenvalue weighted by molar-refractivity contribution is 0.358. The van der Waals surface area contributed by atoms with E-state index >= 15 is 0 Å². The van der Waals surface area contributed by atoms with Crippen LogP contribution in [0.2, 0.25) is 0 Å². The summed E-state index contributed by atoms with van der Waals surface area (Å²) in [4.78, 5) is 0. The molecule has 0 saturated heterocycles. The second-order valence-electron chi connectivity index (χ2n) is 6.42. The van der Waals surface area contributed by atoms with Crippen LogP contribution >= 0.6 is 0 Å².